The lowest BCUT2D eigenvalue weighted by Crippen LogP contribution is -2.28. The summed E-state index contributed by atoms with van der Waals surface area (Å²) in [7, 11) is -3.86. The summed E-state index contributed by atoms with van der Waals surface area (Å²) in [5, 5.41) is 3.21. The molecule has 0 saturated heterocycles. The average molecular weight is 675 g/mol. The van der Waals surface area contributed by atoms with E-state index in [1.54, 1.807) is 81.4 Å². The van der Waals surface area contributed by atoms with Gasteiger partial charge in [-0.05, 0) is 86.5 Å². The summed E-state index contributed by atoms with van der Waals surface area (Å²) in [6.45, 7) is 5.27. The summed E-state index contributed by atoms with van der Waals surface area (Å²) in [6, 6.07) is 27.9. The van der Waals surface area contributed by atoms with Gasteiger partial charge >= 0.3 is 6.09 Å². The molecule has 1 amide bonds. The number of nitrogen functional groups attached to an aromatic ring is 1. The van der Waals surface area contributed by atoms with Crippen LogP contribution in [0.5, 0.6) is 0 Å². The molecule has 49 heavy (non-hydrogen) atoms. The smallest absolute Gasteiger partial charge is 0.414 e. The molecule has 12 heteroatoms. The third-order valence-corrected chi connectivity index (χ3v) is 9.14. The number of ether oxygens (including phenoxy) is 1. The number of pyridine rings is 1. The maximum Gasteiger partial charge on any atom is 0.414 e. The third kappa shape index (κ3) is 7.82. The van der Waals surface area contributed by atoms with E-state index >= 15 is 0 Å². The Morgan fingerprint density at radius 3 is 2.35 bits per heavy atom. The van der Waals surface area contributed by atoms with Gasteiger partial charge < -0.3 is 10.5 Å². The van der Waals surface area contributed by atoms with Crippen molar-refractivity contribution in [2.24, 2.45) is 0 Å². The number of Topliss-reactive ketones (excluding diaryl/α,β-unsaturated/α-hetero) is 1. The molecule has 0 aliphatic carbocycles. The van der Waals surface area contributed by atoms with Crippen LogP contribution in [-0.2, 0) is 27.6 Å². The number of aromatic nitrogens is 4. The van der Waals surface area contributed by atoms with E-state index < -0.39 is 21.7 Å². The number of hydrogen-bond acceptors (Lipinski definition) is 9. The van der Waals surface area contributed by atoms with E-state index in [-0.39, 0.29) is 28.7 Å². The van der Waals surface area contributed by atoms with E-state index in [4.69, 9.17) is 10.5 Å². The molecule has 0 radical (unpaired) electrons. The van der Waals surface area contributed by atoms with Crippen molar-refractivity contribution in [3.63, 3.8) is 0 Å². The van der Waals surface area contributed by atoms with Gasteiger partial charge in [0.1, 0.15) is 5.60 Å². The van der Waals surface area contributed by atoms with Crippen LogP contribution in [0.3, 0.4) is 0 Å². The molecule has 0 aliphatic rings. The van der Waals surface area contributed by atoms with Gasteiger partial charge in [-0.25, -0.2) is 32.1 Å². The molecular formula is C37H34N6O5S. The van der Waals surface area contributed by atoms with Gasteiger partial charge in [-0.15, -0.1) is 0 Å². The first-order valence-electron chi connectivity index (χ1n) is 15.5. The molecule has 0 aliphatic heterocycles. The second-order valence-corrected chi connectivity index (χ2v) is 14.3. The molecule has 248 valence electrons. The SMILES string of the molecule is CC(C)(C)OC(=O)Nc1nc(Cc2cccc(CC(=O)c3ccc(N)cc3)c2)cc(-c2cnc3c(ccn3S(=O)(=O)c3ccccc3)c2)n1. The highest BCUT2D eigenvalue weighted by atomic mass is 32.2. The number of fused-ring (bicyclic) bond motifs is 1. The highest BCUT2D eigenvalue weighted by Gasteiger charge is 2.21. The standard InChI is InChI=1S/C37H34N6O5S/c1-37(2,3)48-36(45)42-35-40-30(19-24-8-7-9-25(18-24)20-33(44)26-12-14-29(38)15-13-26)22-32(41-35)28-21-27-16-17-43(34(27)39-23-28)49(46,47)31-10-5-4-6-11-31/h4-18,21-23H,19-20,38H2,1-3H3,(H,40,41,42,45). The van der Waals surface area contributed by atoms with Crippen LogP contribution in [0.1, 0.15) is 48.0 Å². The van der Waals surface area contributed by atoms with E-state index in [0.29, 0.717) is 40.0 Å². The summed E-state index contributed by atoms with van der Waals surface area (Å²) < 4.78 is 33.2. The summed E-state index contributed by atoms with van der Waals surface area (Å²) in [5.41, 5.74) is 9.82. The number of benzene rings is 3. The van der Waals surface area contributed by atoms with Crippen LogP contribution in [0.15, 0.2) is 114 Å². The Labute approximate surface area is 283 Å². The zero-order valence-electron chi connectivity index (χ0n) is 27.1. The Bertz CT molecular complexity index is 2280. The fraction of sp³-hybridized carbons (Fsp3) is 0.162. The lowest BCUT2D eigenvalue weighted by atomic mass is 9.99. The lowest BCUT2D eigenvalue weighted by molar-refractivity contribution is 0.0634. The first kappa shape index (κ1) is 33.0. The van der Waals surface area contributed by atoms with Crippen LogP contribution in [-0.4, -0.2) is 44.8 Å². The van der Waals surface area contributed by atoms with E-state index in [1.165, 1.54) is 24.5 Å². The number of ketones is 1. The minimum Gasteiger partial charge on any atom is -0.444 e. The Kier molecular flexibility index (Phi) is 8.98. The van der Waals surface area contributed by atoms with Gasteiger partial charge in [0.25, 0.3) is 10.0 Å². The highest BCUT2D eigenvalue weighted by molar-refractivity contribution is 7.90. The molecule has 0 saturated carbocycles. The van der Waals surface area contributed by atoms with Crippen molar-refractivity contribution in [3.8, 4) is 11.3 Å². The van der Waals surface area contributed by atoms with Crippen LogP contribution in [0, 0.1) is 0 Å². The Morgan fingerprint density at radius 1 is 0.878 bits per heavy atom. The number of rotatable bonds is 9. The minimum atomic E-state index is -3.86. The quantitative estimate of drug-likeness (QED) is 0.126. The van der Waals surface area contributed by atoms with Crippen molar-refractivity contribution in [2.75, 3.05) is 11.1 Å². The normalized spacial score (nSPS) is 11.7. The average Bonchev–Trinajstić information content (AvgIpc) is 3.49. The van der Waals surface area contributed by atoms with Gasteiger partial charge in [-0.3, -0.25) is 10.1 Å². The molecule has 3 N–H and O–H groups in total. The van der Waals surface area contributed by atoms with Gasteiger partial charge in [-0.1, -0.05) is 42.5 Å². The monoisotopic (exact) mass is 674 g/mol. The van der Waals surface area contributed by atoms with Crippen molar-refractivity contribution >= 4 is 44.6 Å². The molecule has 3 aromatic carbocycles. The van der Waals surface area contributed by atoms with Gasteiger partial charge in [0.05, 0.1) is 16.3 Å². The van der Waals surface area contributed by atoms with E-state index in [0.717, 1.165) is 15.1 Å². The fourth-order valence-corrected chi connectivity index (χ4v) is 6.57. The molecule has 0 bridgehead atoms. The van der Waals surface area contributed by atoms with Crippen LogP contribution < -0.4 is 11.1 Å². The molecule has 6 aromatic rings. The zero-order chi connectivity index (χ0) is 34.8. The predicted octanol–water partition coefficient (Wildman–Crippen LogP) is 6.68. The van der Waals surface area contributed by atoms with Gasteiger partial charge in [0.2, 0.25) is 5.95 Å². The number of amides is 1. The van der Waals surface area contributed by atoms with Crippen molar-refractivity contribution in [2.45, 2.75) is 44.1 Å². The third-order valence-electron chi connectivity index (χ3n) is 7.46. The predicted molar refractivity (Wildman–Crippen MR) is 188 cm³/mol. The number of carbonyl (C=O) groups excluding carboxylic acids is 2. The molecule has 0 fully saturated rings. The molecule has 0 unspecified atom stereocenters. The molecule has 3 aromatic heterocycles. The largest absolute Gasteiger partial charge is 0.444 e. The Balaban J connectivity index is 1.32. The fourth-order valence-electron chi connectivity index (χ4n) is 5.24. The van der Waals surface area contributed by atoms with E-state index in [9.17, 15) is 18.0 Å². The van der Waals surface area contributed by atoms with Crippen LogP contribution in [0.25, 0.3) is 22.3 Å². The first-order valence-corrected chi connectivity index (χ1v) is 16.9. The molecule has 3 heterocycles. The molecule has 6 rings (SSSR count). The first-order chi connectivity index (χ1) is 23.3. The number of carbonyl (C=O) groups is 2. The maximum absolute atomic E-state index is 13.3. The van der Waals surface area contributed by atoms with Gasteiger partial charge in [0, 0.05) is 47.4 Å². The molecule has 0 spiro atoms. The maximum atomic E-state index is 13.3. The lowest BCUT2D eigenvalue weighted by Gasteiger charge is -2.19. The van der Waals surface area contributed by atoms with Gasteiger partial charge in [0.15, 0.2) is 11.4 Å². The van der Waals surface area contributed by atoms with E-state index in [2.05, 4.69) is 20.3 Å². The second-order valence-electron chi connectivity index (χ2n) is 12.5. The van der Waals surface area contributed by atoms with Gasteiger partial charge in [-0.2, -0.15) is 0 Å². The number of nitrogens with one attached hydrogen (secondary N) is 1. The summed E-state index contributed by atoms with van der Waals surface area (Å²) >= 11 is 0. The molecular weight excluding hydrogens is 641 g/mol. The van der Waals surface area contributed by atoms with Crippen LogP contribution in [0.4, 0.5) is 16.4 Å². The van der Waals surface area contributed by atoms with Crippen molar-refractivity contribution in [1.29, 1.82) is 0 Å². The number of anilines is 2. The number of nitrogens with zero attached hydrogens (tertiary/aromatic N) is 4. The summed E-state index contributed by atoms with van der Waals surface area (Å²) in [6.07, 6.45) is 2.87. The number of hydrogen-bond donors (Lipinski definition) is 2. The Morgan fingerprint density at radius 2 is 1.61 bits per heavy atom. The van der Waals surface area contributed by atoms with Crippen molar-refractivity contribution in [3.05, 3.63) is 132 Å². The zero-order valence-corrected chi connectivity index (χ0v) is 27.9. The summed E-state index contributed by atoms with van der Waals surface area (Å²) in [5.74, 6) is -0.000585. The van der Waals surface area contributed by atoms with E-state index in [1.807, 2.05) is 24.3 Å². The Hall–Kier alpha value is -5.88. The topological polar surface area (TPSA) is 159 Å². The number of nitrogens with two attached hydrogens (primary N) is 1. The van der Waals surface area contributed by atoms with Crippen LogP contribution >= 0.6 is 0 Å². The second kappa shape index (κ2) is 13.3. The molecule has 0 atom stereocenters. The van der Waals surface area contributed by atoms with Crippen LogP contribution in [0.2, 0.25) is 0 Å². The summed E-state index contributed by atoms with van der Waals surface area (Å²) in [4.78, 5) is 39.4. The van der Waals surface area contributed by atoms with Crippen molar-refractivity contribution in [1.82, 2.24) is 18.9 Å². The minimum absolute atomic E-state index is 0.0285. The molecule has 11 nitrogen and oxygen atoms in total. The highest BCUT2D eigenvalue weighted by Crippen LogP contribution is 2.27. The van der Waals surface area contributed by atoms with Crippen molar-refractivity contribution < 1.29 is 22.7 Å².